The van der Waals surface area contributed by atoms with Crippen LogP contribution < -0.4 is 5.73 Å². The van der Waals surface area contributed by atoms with Gasteiger partial charge in [-0.3, -0.25) is 10.2 Å². The van der Waals surface area contributed by atoms with Crippen molar-refractivity contribution in [3.05, 3.63) is 0 Å². The van der Waals surface area contributed by atoms with Crippen LogP contribution in [-0.4, -0.2) is 82.0 Å². The standard InChI is InChI=1S/C11H22N4O4/c1-14(11(12)13)4-10(19)15-7(5-16)2-3-9(18)8(15)6-17/h7-9,16-18H,2-6H2,1H3,(H3,12,13)/t7-,8?,9-/m0/s1. The molecule has 0 bridgehead atoms. The van der Waals surface area contributed by atoms with Crippen LogP contribution in [0, 0.1) is 5.41 Å². The van der Waals surface area contributed by atoms with E-state index < -0.39 is 18.2 Å². The van der Waals surface area contributed by atoms with Gasteiger partial charge in [-0.15, -0.1) is 0 Å². The van der Waals surface area contributed by atoms with Crippen molar-refractivity contribution in [3.63, 3.8) is 0 Å². The number of carbonyl (C=O) groups excluding carboxylic acids is 1. The van der Waals surface area contributed by atoms with E-state index in [-0.39, 0.29) is 31.6 Å². The van der Waals surface area contributed by atoms with Gasteiger partial charge in [0, 0.05) is 7.05 Å². The molecular formula is C11H22N4O4. The van der Waals surface area contributed by atoms with E-state index in [0.717, 1.165) is 0 Å². The van der Waals surface area contributed by atoms with Gasteiger partial charge in [-0.25, -0.2) is 0 Å². The Balaban J connectivity index is 2.83. The van der Waals surface area contributed by atoms with E-state index in [1.54, 1.807) is 0 Å². The van der Waals surface area contributed by atoms with Crippen molar-refractivity contribution in [2.24, 2.45) is 5.73 Å². The normalized spacial score (nSPS) is 27.2. The Bertz CT molecular complexity index is 339. The molecule has 0 spiro atoms. The molecule has 0 aromatic rings. The number of nitrogens with two attached hydrogens (primary N) is 1. The highest BCUT2D eigenvalue weighted by atomic mass is 16.3. The summed E-state index contributed by atoms with van der Waals surface area (Å²) < 4.78 is 0. The number of piperidine rings is 1. The summed E-state index contributed by atoms with van der Waals surface area (Å²) in [5, 5.41) is 35.7. The molecule has 19 heavy (non-hydrogen) atoms. The second-order valence-electron chi connectivity index (χ2n) is 4.77. The number of rotatable bonds is 4. The van der Waals surface area contributed by atoms with Gasteiger partial charge in [0.2, 0.25) is 5.91 Å². The van der Waals surface area contributed by atoms with Gasteiger partial charge in [0.25, 0.3) is 0 Å². The molecule has 1 unspecified atom stereocenters. The first kappa shape index (κ1) is 15.7. The molecule has 1 amide bonds. The molecule has 1 rings (SSSR count). The van der Waals surface area contributed by atoms with Crippen LogP contribution in [0.25, 0.3) is 0 Å². The lowest BCUT2D eigenvalue weighted by atomic mass is 9.93. The molecule has 1 saturated heterocycles. The predicted octanol–water partition coefficient (Wildman–Crippen LogP) is -2.48. The summed E-state index contributed by atoms with van der Waals surface area (Å²) in [6, 6.07) is -1.15. The molecule has 0 saturated carbocycles. The number of nitrogens with one attached hydrogen (secondary N) is 1. The number of guanidine groups is 1. The van der Waals surface area contributed by atoms with Crippen molar-refractivity contribution in [1.29, 1.82) is 5.41 Å². The molecule has 0 radical (unpaired) electrons. The Labute approximate surface area is 111 Å². The van der Waals surface area contributed by atoms with E-state index in [0.29, 0.717) is 12.8 Å². The number of carbonyl (C=O) groups is 1. The Kier molecular flexibility index (Phi) is 5.52. The zero-order valence-electron chi connectivity index (χ0n) is 11.0. The second kappa shape index (κ2) is 6.69. The summed E-state index contributed by atoms with van der Waals surface area (Å²) in [6.45, 7) is -0.721. The van der Waals surface area contributed by atoms with Crippen molar-refractivity contribution in [2.75, 3.05) is 26.8 Å². The molecular weight excluding hydrogens is 252 g/mol. The first-order valence-electron chi connectivity index (χ1n) is 6.18. The van der Waals surface area contributed by atoms with Crippen molar-refractivity contribution in [1.82, 2.24) is 9.80 Å². The average Bonchev–Trinajstić information content (AvgIpc) is 2.37. The molecule has 1 aliphatic rings. The van der Waals surface area contributed by atoms with E-state index >= 15 is 0 Å². The number of nitrogens with zero attached hydrogens (tertiary/aromatic N) is 2. The summed E-state index contributed by atoms with van der Waals surface area (Å²) in [4.78, 5) is 14.8. The van der Waals surface area contributed by atoms with Gasteiger partial charge in [0.15, 0.2) is 5.96 Å². The number of hydrogen-bond acceptors (Lipinski definition) is 5. The lowest BCUT2D eigenvalue weighted by Gasteiger charge is -2.43. The Morgan fingerprint density at radius 1 is 1.42 bits per heavy atom. The van der Waals surface area contributed by atoms with E-state index in [4.69, 9.17) is 11.1 Å². The van der Waals surface area contributed by atoms with E-state index in [9.17, 15) is 20.1 Å². The third kappa shape index (κ3) is 3.55. The third-order valence-corrected chi connectivity index (χ3v) is 3.46. The first-order chi connectivity index (χ1) is 8.92. The Morgan fingerprint density at radius 2 is 2.05 bits per heavy atom. The maximum Gasteiger partial charge on any atom is 0.242 e. The molecule has 3 atom stereocenters. The van der Waals surface area contributed by atoms with Crippen LogP contribution >= 0.6 is 0 Å². The molecule has 8 heteroatoms. The monoisotopic (exact) mass is 274 g/mol. The van der Waals surface area contributed by atoms with Crippen LogP contribution in [0.5, 0.6) is 0 Å². The predicted molar refractivity (Wildman–Crippen MR) is 68.4 cm³/mol. The van der Waals surface area contributed by atoms with Crippen LogP contribution in [0.1, 0.15) is 12.8 Å². The van der Waals surface area contributed by atoms with Crippen LogP contribution in [0.15, 0.2) is 0 Å². The van der Waals surface area contributed by atoms with E-state index in [2.05, 4.69) is 0 Å². The summed E-state index contributed by atoms with van der Waals surface area (Å²) in [5.74, 6) is -0.624. The van der Waals surface area contributed by atoms with Gasteiger partial charge >= 0.3 is 0 Å². The smallest absolute Gasteiger partial charge is 0.242 e. The number of amides is 1. The molecule has 1 fully saturated rings. The molecule has 0 aromatic heterocycles. The van der Waals surface area contributed by atoms with Crippen LogP contribution in [0.2, 0.25) is 0 Å². The Morgan fingerprint density at radius 3 is 2.53 bits per heavy atom. The minimum absolute atomic E-state index is 0.130. The molecule has 0 aliphatic carbocycles. The van der Waals surface area contributed by atoms with Crippen LogP contribution in [0.3, 0.4) is 0 Å². The number of likely N-dealkylation sites (N-methyl/N-ethyl adjacent to an activating group) is 1. The highest BCUT2D eigenvalue weighted by molar-refractivity contribution is 5.84. The fourth-order valence-corrected chi connectivity index (χ4v) is 2.30. The van der Waals surface area contributed by atoms with Gasteiger partial charge < -0.3 is 30.9 Å². The average molecular weight is 274 g/mol. The van der Waals surface area contributed by atoms with E-state index in [1.807, 2.05) is 0 Å². The van der Waals surface area contributed by atoms with Crippen molar-refractivity contribution < 1.29 is 20.1 Å². The van der Waals surface area contributed by atoms with Gasteiger partial charge in [-0.05, 0) is 12.8 Å². The minimum atomic E-state index is -0.806. The lowest BCUT2D eigenvalue weighted by molar-refractivity contribution is -0.147. The molecule has 1 aliphatic heterocycles. The quantitative estimate of drug-likeness (QED) is 0.284. The summed E-state index contributed by atoms with van der Waals surface area (Å²) in [6.07, 6.45) is 0.103. The number of hydrogen-bond donors (Lipinski definition) is 5. The van der Waals surface area contributed by atoms with Crippen LogP contribution in [0.4, 0.5) is 0 Å². The maximum absolute atomic E-state index is 12.2. The second-order valence-corrected chi connectivity index (χ2v) is 4.77. The molecule has 1 heterocycles. The van der Waals surface area contributed by atoms with Crippen molar-refractivity contribution >= 4 is 11.9 Å². The fraction of sp³-hybridized carbons (Fsp3) is 0.818. The highest BCUT2D eigenvalue weighted by Gasteiger charge is 2.38. The highest BCUT2D eigenvalue weighted by Crippen LogP contribution is 2.23. The number of aliphatic hydroxyl groups is 3. The summed E-state index contributed by atoms with van der Waals surface area (Å²) >= 11 is 0. The van der Waals surface area contributed by atoms with Gasteiger partial charge in [-0.2, -0.15) is 0 Å². The summed E-state index contributed by atoms with van der Waals surface area (Å²) in [7, 11) is 1.50. The van der Waals surface area contributed by atoms with Crippen molar-refractivity contribution in [3.8, 4) is 0 Å². The maximum atomic E-state index is 12.2. The lowest BCUT2D eigenvalue weighted by Crippen LogP contribution is -2.60. The molecule has 6 N–H and O–H groups in total. The van der Waals surface area contributed by atoms with Crippen LogP contribution in [-0.2, 0) is 4.79 Å². The molecule has 0 aromatic carbocycles. The number of aliphatic hydroxyl groups excluding tert-OH is 3. The first-order valence-corrected chi connectivity index (χ1v) is 6.18. The molecule has 110 valence electrons. The Hall–Kier alpha value is -1.38. The van der Waals surface area contributed by atoms with Gasteiger partial charge in [0.1, 0.15) is 0 Å². The van der Waals surface area contributed by atoms with Gasteiger partial charge in [-0.1, -0.05) is 0 Å². The fourth-order valence-electron chi connectivity index (χ4n) is 2.30. The third-order valence-electron chi connectivity index (χ3n) is 3.46. The van der Waals surface area contributed by atoms with Crippen molar-refractivity contribution in [2.45, 2.75) is 31.0 Å². The minimum Gasteiger partial charge on any atom is -0.394 e. The zero-order chi connectivity index (χ0) is 14.6. The largest absolute Gasteiger partial charge is 0.394 e. The SMILES string of the molecule is CN(CC(=O)N1C(CO)[C@@H](O)CC[C@H]1CO)C(=N)N. The number of likely N-dealkylation sites (tertiary alicyclic amines) is 1. The zero-order valence-corrected chi connectivity index (χ0v) is 11.0. The molecule has 8 nitrogen and oxygen atoms in total. The van der Waals surface area contributed by atoms with E-state index in [1.165, 1.54) is 16.8 Å². The van der Waals surface area contributed by atoms with Gasteiger partial charge in [0.05, 0.1) is 37.9 Å². The topological polar surface area (TPSA) is 134 Å². The summed E-state index contributed by atoms with van der Waals surface area (Å²) in [5.41, 5.74) is 5.27.